The van der Waals surface area contributed by atoms with E-state index in [-0.39, 0.29) is 0 Å². The second-order valence-electron chi connectivity index (χ2n) is 4.79. The molecule has 0 radical (unpaired) electrons. The molecule has 3 unspecified atom stereocenters. The van der Waals surface area contributed by atoms with Gasteiger partial charge in [-0.2, -0.15) is 0 Å². The molecule has 0 amide bonds. The summed E-state index contributed by atoms with van der Waals surface area (Å²) in [5, 5.41) is 0. The molecule has 1 aliphatic rings. The number of aromatic nitrogens is 1. The number of nitrogens with zero attached hydrogens (tertiary/aromatic N) is 1. The van der Waals surface area contributed by atoms with E-state index in [4.69, 9.17) is 5.73 Å². The molecular weight excluding hydrogens is 184 g/mol. The van der Waals surface area contributed by atoms with Crippen LogP contribution in [0.4, 0.5) is 0 Å². The van der Waals surface area contributed by atoms with Crippen molar-refractivity contribution in [3.63, 3.8) is 0 Å². The van der Waals surface area contributed by atoms with E-state index in [1.54, 1.807) is 0 Å². The third kappa shape index (κ3) is 1.91. The van der Waals surface area contributed by atoms with Crippen molar-refractivity contribution in [1.82, 2.24) is 4.98 Å². The molecule has 1 heterocycles. The van der Waals surface area contributed by atoms with Gasteiger partial charge in [0.15, 0.2) is 0 Å². The fourth-order valence-electron chi connectivity index (χ4n) is 2.83. The molecule has 1 aliphatic carbocycles. The summed E-state index contributed by atoms with van der Waals surface area (Å²) in [5.74, 6) is 1.90. The van der Waals surface area contributed by atoms with Crippen LogP contribution in [0.3, 0.4) is 0 Å². The van der Waals surface area contributed by atoms with Crippen molar-refractivity contribution in [3.8, 4) is 0 Å². The standard InChI is InChI=1S/C13H20N2/c1-9-5-6-12-11(4-3-7-15-12)13(9)10(2)8-14/h3-4,7,9-10,13H,5-6,8,14H2,1-2H3. The van der Waals surface area contributed by atoms with Crippen LogP contribution in [0, 0.1) is 11.8 Å². The smallest absolute Gasteiger partial charge is 0.0438 e. The first kappa shape index (κ1) is 10.6. The minimum Gasteiger partial charge on any atom is -0.330 e. The quantitative estimate of drug-likeness (QED) is 0.803. The summed E-state index contributed by atoms with van der Waals surface area (Å²) in [6.45, 7) is 5.36. The lowest BCUT2D eigenvalue weighted by atomic mass is 9.72. The Bertz CT molecular complexity index is 335. The molecule has 82 valence electrons. The summed E-state index contributed by atoms with van der Waals surface area (Å²) in [5.41, 5.74) is 8.53. The molecule has 0 saturated heterocycles. The molecule has 1 aromatic heterocycles. The number of fused-ring (bicyclic) bond motifs is 1. The Hall–Kier alpha value is -0.890. The van der Waals surface area contributed by atoms with E-state index in [1.165, 1.54) is 17.7 Å². The lowest BCUT2D eigenvalue weighted by Crippen LogP contribution is -2.28. The molecule has 2 nitrogen and oxygen atoms in total. The van der Waals surface area contributed by atoms with Gasteiger partial charge in [0, 0.05) is 11.9 Å². The molecular formula is C13H20N2. The normalized spacial score (nSPS) is 27.1. The molecule has 2 heteroatoms. The highest BCUT2D eigenvalue weighted by Crippen LogP contribution is 2.39. The van der Waals surface area contributed by atoms with Crippen molar-refractivity contribution in [1.29, 1.82) is 0 Å². The van der Waals surface area contributed by atoms with Crippen LogP contribution in [-0.4, -0.2) is 11.5 Å². The fraction of sp³-hybridized carbons (Fsp3) is 0.615. The molecule has 0 spiro atoms. The topological polar surface area (TPSA) is 38.9 Å². The molecule has 3 atom stereocenters. The summed E-state index contributed by atoms with van der Waals surface area (Å²) >= 11 is 0. The SMILES string of the molecule is CC(CN)C1c2cccnc2CCC1C. The summed E-state index contributed by atoms with van der Waals surface area (Å²) < 4.78 is 0. The van der Waals surface area contributed by atoms with Gasteiger partial charge in [0.25, 0.3) is 0 Å². The Kier molecular flexibility index (Phi) is 3.06. The molecule has 2 rings (SSSR count). The van der Waals surface area contributed by atoms with Crippen molar-refractivity contribution in [2.75, 3.05) is 6.54 Å². The van der Waals surface area contributed by atoms with Gasteiger partial charge in [0.05, 0.1) is 0 Å². The summed E-state index contributed by atoms with van der Waals surface area (Å²) in [6.07, 6.45) is 4.28. The number of nitrogens with two attached hydrogens (primary N) is 1. The van der Waals surface area contributed by atoms with Crippen LogP contribution in [0.5, 0.6) is 0 Å². The molecule has 0 saturated carbocycles. The average molecular weight is 204 g/mol. The minimum absolute atomic E-state index is 0.559. The van der Waals surface area contributed by atoms with E-state index >= 15 is 0 Å². The third-order valence-corrected chi connectivity index (χ3v) is 3.72. The third-order valence-electron chi connectivity index (χ3n) is 3.72. The molecule has 1 aromatic rings. The highest BCUT2D eigenvalue weighted by Gasteiger charge is 2.30. The van der Waals surface area contributed by atoms with E-state index in [0.717, 1.165) is 18.9 Å². The van der Waals surface area contributed by atoms with E-state index < -0.39 is 0 Å². The van der Waals surface area contributed by atoms with Crippen LogP contribution in [0.2, 0.25) is 0 Å². The minimum atomic E-state index is 0.559. The Balaban J connectivity index is 2.37. The zero-order valence-electron chi connectivity index (χ0n) is 9.61. The van der Waals surface area contributed by atoms with Crippen molar-refractivity contribution in [2.45, 2.75) is 32.6 Å². The van der Waals surface area contributed by atoms with Gasteiger partial charge >= 0.3 is 0 Å². The molecule has 0 fully saturated rings. The largest absolute Gasteiger partial charge is 0.330 e. The van der Waals surface area contributed by atoms with Crippen molar-refractivity contribution in [2.24, 2.45) is 17.6 Å². The lowest BCUT2D eigenvalue weighted by molar-refractivity contribution is 0.312. The zero-order valence-corrected chi connectivity index (χ0v) is 9.61. The van der Waals surface area contributed by atoms with E-state index in [0.29, 0.717) is 11.8 Å². The average Bonchev–Trinajstić information content (AvgIpc) is 2.28. The van der Waals surface area contributed by atoms with Crippen molar-refractivity contribution >= 4 is 0 Å². The van der Waals surface area contributed by atoms with E-state index in [1.807, 2.05) is 12.3 Å². The highest BCUT2D eigenvalue weighted by molar-refractivity contribution is 5.28. The maximum atomic E-state index is 5.80. The first-order chi connectivity index (χ1) is 7.24. The number of hydrogen-bond acceptors (Lipinski definition) is 2. The second-order valence-corrected chi connectivity index (χ2v) is 4.79. The molecule has 0 bridgehead atoms. The van der Waals surface area contributed by atoms with Crippen LogP contribution >= 0.6 is 0 Å². The van der Waals surface area contributed by atoms with Gasteiger partial charge in [-0.15, -0.1) is 0 Å². The van der Waals surface area contributed by atoms with Crippen LogP contribution < -0.4 is 5.73 Å². The zero-order chi connectivity index (χ0) is 10.8. The van der Waals surface area contributed by atoms with Crippen LogP contribution in [0.15, 0.2) is 18.3 Å². The molecule has 0 aliphatic heterocycles. The Labute approximate surface area is 91.9 Å². The van der Waals surface area contributed by atoms with E-state index in [9.17, 15) is 0 Å². The van der Waals surface area contributed by atoms with Gasteiger partial charge in [-0.3, -0.25) is 4.98 Å². The van der Waals surface area contributed by atoms with Gasteiger partial charge < -0.3 is 5.73 Å². The number of pyridine rings is 1. The van der Waals surface area contributed by atoms with Crippen molar-refractivity contribution < 1.29 is 0 Å². The Morgan fingerprint density at radius 2 is 2.40 bits per heavy atom. The number of hydrogen-bond donors (Lipinski definition) is 1. The Morgan fingerprint density at radius 3 is 3.13 bits per heavy atom. The molecule has 2 N–H and O–H groups in total. The summed E-state index contributed by atoms with van der Waals surface area (Å²) in [6, 6.07) is 4.28. The van der Waals surface area contributed by atoms with Crippen LogP contribution in [0.25, 0.3) is 0 Å². The van der Waals surface area contributed by atoms with Crippen molar-refractivity contribution in [3.05, 3.63) is 29.6 Å². The predicted octanol–water partition coefficient (Wildman–Crippen LogP) is 2.34. The van der Waals surface area contributed by atoms with Gasteiger partial charge in [-0.25, -0.2) is 0 Å². The first-order valence-electron chi connectivity index (χ1n) is 5.88. The van der Waals surface area contributed by atoms with Gasteiger partial charge in [0.2, 0.25) is 0 Å². The maximum absolute atomic E-state index is 5.80. The number of rotatable bonds is 2. The Morgan fingerprint density at radius 1 is 1.60 bits per heavy atom. The highest BCUT2D eigenvalue weighted by atomic mass is 14.7. The van der Waals surface area contributed by atoms with Gasteiger partial charge in [-0.05, 0) is 48.8 Å². The van der Waals surface area contributed by atoms with Crippen LogP contribution in [0.1, 0.15) is 37.4 Å². The van der Waals surface area contributed by atoms with Gasteiger partial charge in [0.1, 0.15) is 0 Å². The molecule has 0 aromatic carbocycles. The lowest BCUT2D eigenvalue weighted by Gasteiger charge is -2.34. The number of aryl methyl sites for hydroxylation is 1. The summed E-state index contributed by atoms with van der Waals surface area (Å²) in [4.78, 5) is 4.48. The van der Waals surface area contributed by atoms with Gasteiger partial charge in [-0.1, -0.05) is 19.9 Å². The van der Waals surface area contributed by atoms with Crippen LogP contribution in [-0.2, 0) is 6.42 Å². The first-order valence-corrected chi connectivity index (χ1v) is 5.88. The summed E-state index contributed by atoms with van der Waals surface area (Å²) in [7, 11) is 0. The maximum Gasteiger partial charge on any atom is 0.0438 e. The monoisotopic (exact) mass is 204 g/mol. The second kappa shape index (κ2) is 4.31. The fourth-order valence-corrected chi connectivity index (χ4v) is 2.83. The molecule has 15 heavy (non-hydrogen) atoms. The van der Waals surface area contributed by atoms with E-state index in [2.05, 4.69) is 24.9 Å². The predicted molar refractivity (Wildman–Crippen MR) is 62.7 cm³/mol.